The van der Waals surface area contributed by atoms with Crippen molar-refractivity contribution in [3.8, 4) is 0 Å². The molecule has 1 heterocycles. The van der Waals surface area contributed by atoms with Gasteiger partial charge in [-0.3, -0.25) is 0 Å². The third-order valence-corrected chi connectivity index (χ3v) is 5.03. The van der Waals surface area contributed by atoms with E-state index in [1.807, 2.05) is 11.8 Å². The van der Waals surface area contributed by atoms with E-state index in [2.05, 4.69) is 11.6 Å². The van der Waals surface area contributed by atoms with Crippen molar-refractivity contribution in [1.29, 1.82) is 0 Å². The summed E-state index contributed by atoms with van der Waals surface area (Å²) in [6.45, 7) is 3.30. The van der Waals surface area contributed by atoms with E-state index < -0.39 is 5.97 Å². The van der Waals surface area contributed by atoms with Crippen molar-refractivity contribution < 1.29 is 14.3 Å². The summed E-state index contributed by atoms with van der Waals surface area (Å²) in [5.74, 6) is -0.256. The van der Waals surface area contributed by atoms with Gasteiger partial charge in [0.05, 0.1) is 6.54 Å². The quantitative estimate of drug-likeness (QED) is 0.831. The van der Waals surface area contributed by atoms with Crippen molar-refractivity contribution in [3.63, 3.8) is 0 Å². The summed E-state index contributed by atoms with van der Waals surface area (Å²) in [4.78, 5) is 10.9. The van der Waals surface area contributed by atoms with Gasteiger partial charge >= 0.3 is 5.97 Å². The number of carboxylic acid groups (broad SMARTS) is 1. The zero-order valence-electron chi connectivity index (χ0n) is 10.8. The highest BCUT2D eigenvalue weighted by Crippen LogP contribution is 2.42. The van der Waals surface area contributed by atoms with Gasteiger partial charge in [-0.05, 0) is 32.1 Å². The Morgan fingerprint density at radius 2 is 2.33 bits per heavy atom. The predicted octanol–water partition coefficient (Wildman–Crippen LogP) is 2.66. The van der Waals surface area contributed by atoms with Crippen LogP contribution >= 0.6 is 11.8 Å². The molecule has 0 saturated heterocycles. The standard InChI is InChI=1S/C13H19NO3S/c1-9-6-10(17-11(9)12(15)16)7-14-8-13(18-2)4-3-5-13/h6,14H,3-5,7-8H2,1-2H3,(H,15,16). The minimum absolute atomic E-state index is 0.0509. The lowest BCUT2D eigenvalue weighted by molar-refractivity contribution is 0.0659. The van der Waals surface area contributed by atoms with Gasteiger partial charge in [0.25, 0.3) is 0 Å². The average molecular weight is 269 g/mol. The number of aromatic carboxylic acids is 1. The van der Waals surface area contributed by atoms with Gasteiger partial charge in [0.1, 0.15) is 5.76 Å². The molecule has 0 atom stereocenters. The fourth-order valence-electron chi connectivity index (χ4n) is 2.29. The molecule has 0 aromatic carbocycles. The first-order chi connectivity index (χ1) is 8.56. The molecule has 0 spiro atoms. The first kappa shape index (κ1) is 13.5. The molecule has 100 valence electrons. The number of carboxylic acids is 1. The molecular formula is C13H19NO3S. The summed E-state index contributed by atoms with van der Waals surface area (Å²) in [6, 6.07) is 1.79. The maximum atomic E-state index is 10.9. The Morgan fingerprint density at radius 3 is 2.78 bits per heavy atom. The first-order valence-electron chi connectivity index (χ1n) is 6.15. The summed E-state index contributed by atoms with van der Waals surface area (Å²) >= 11 is 1.92. The number of aryl methyl sites for hydroxylation is 1. The number of thioether (sulfide) groups is 1. The monoisotopic (exact) mass is 269 g/mol. The van der Waals surface area contributed by atoms with Crippen molar-refractivity contribution >= 4 is 17.7 Å². The van der Waals surface area contributed by atoms with Crippen LogP contribution in [-0.4, -0.2) is 28.6 Å². The van der Waals surface area contributed by atoms with Gasteiger partial charge in [0.15, 0.2) is 0 Å². The van der Waals surface area contributed by atoms with Crippen LogP contribution in [0.2, 0.25) is 0 Å². The average Bonchev–Trinajstić information content (AvgIpc) is 2.64. The maximum absolute atomic E-state index is 10.9. The third kappa shape index (κ3) is 2.72. The van der Waals surface area contributed by atoms with Crippen molar-refractivity contribution in [3.05, 3.63) is 23.2 Å². The van der Waals surface area contributed by atoms with Gasteiger partial charge in [-0.1, -0.05) is 6.42 Å². The van der Waals surface area contributed by atoms with Crippen molar-refractivity contribution in [2.75, 3.05) is 12.8 Å². The van der Waals surface area contributed by atoms with Crippen LogP contribution in [0.5, 0.6) is 0 Å². The van der Waals surface area contributed by atoms with E-state index >= 15 is 0 Å². The highest BCUT2D eigenvalue weighted by Gasteiger charge is 2.35. The van der Waals surface area contributed by atoms with E-state index in [9.17, 15) is 4.79 Å². The molecule has 4 nitrogen and oxygen atoms in total. The molecule has 1 saturated carbocycles. The summed E-state index contributed by atoms with van der Waals surface area (Å²) < 4.78 is 5.69. The molecule has 0 aliphatic heterocycles. The van der Waals surface area contributed by atoms with Crippen molar-refractivity contribution in [2.45, 2.75) is 37.5 Å². The van der Waals surface area contributed by atoms with E-state index in [4.69, 9.17) is 9.52 Å². The van der Waals surface area contributed by atoms with Crippen LogP contribution in [0.1, 0.15) is 41.1 Å². The fourth-order valence-corrected chi connectivity index (χ4v) is 3.23. The van der Waals surface area contributed by atoms with Crippen LogP contribution in [0, 0.1) is 6.92 Å². The number of nitrogens with one attached hydrogen (secondary N) is 1. The van der Waals surface area contributed by atoms with Gasteiger partial charge in [-0.15, -0.1) is 0 Å². The molecule has 0 unspecified atom stereocenters. The molecule has 1 aromatic heterocycles. The highest BCUT2D eigenvalue weighted by molar-refractivity contribution is 8.00. The van der Waals surface area contributed by atoms with E-state index in [1.54, 1.807) is 13.0 Å². The zero-order chi connectivity index (χ0) is 13.2. The van der Waals surface area contributed by atoms with E-state index in [1.165, 1.54) is 19.3 Å². The molecule has 1 aliphatic carbocycles. The zero-order valence-corrected chi connectivity index (χ0v) is 11.6. The largest absolute Gasteiger partial charge is 0.475 e. The van der Waals surface area contributed by atoms with Crippen LogP contribution in [0.25, 0.3) is 0 Å². The lowest BCUT2D eigenvalue weighted by atomic mass is 9.84. The van der Waals surface area contributed by atoms with Crippen LogP contribution in [0.15, 0.2) is 10.5 Å². The third-order valence-electron chi connectivity index (χ3n) is 3.61. The minimum Gasteiger partial charge on any atom is -0.475 e. The normalized spacial score (nSPS) is 17.4. The number of carbonyl (C=O) groups is 1. The number of furan rings is 1. The van der Waals surface area contributed by atoms with Gasteiger partial charge < -0.3 is 14.8 Å². The lowest BCUT2D eigenvalue weighted by Gasteiger charge is -2.40. The van der Waals surface area contributed by atoms with E-state index in [0.29, 0.717) is 22.6 Å². The van der Waals surface area contributed by atoms with Crippen molar-refractivity contribution in [2.24, 2.45) is 0 Å². The summed E-state index contributed by atoms with van der Waals surface area (Å²) in [5, 5.41) is 12.3. The van der Waals surface area contributed by atoms with Gasteiger partial charge in [0.2, 0.25) is 5.76 Å². The highest BCUT2D eigenvalue weighted by atomic mass is 32.2. The summed E-state index contributed by atoms with van der Waals surface area (Å²) in [7, 11) is 0. The molecule has 1 aliphatic rings. The molecule has 18 heavy (non-hydrogen) atoms. The summed E-state index contributed by atoms with van der Waals surface area (Å²) in [6.07, 6.45) is 5.99. The first-order valence-corrected chi connectivity index (χ1v) is 7.37. The van der Waals surface area contributed by atoms with Crippen molar-refractivity contribution in [1.82, 2.24) is 5.32 Å². The Morgan fingerprint density at radius 1 is 1.61 bits per heavy atom. The number of hydrogen-bond acceptors (Lipinski definition) is 4. The smallest absolute Gasteiger partial charge is 0.372 e. The Bertz CT molecular complexity index is 432. The fraction of sp³-hybridized carbons (Fsp3) is 0.615. The molecule has 0 bridgehead atoms. The maximum Gasteiger partial charge on any atom is 0.372 e. The van der Waals surface area contributed by atoms with Crippen LogP contribution in [0.3, 0.4) is 0 Å². The van der Waals surface area contributed by atoms with Crippen LogP contribution < -0.4 is 5.32 Å². The second kappa shape index (κ2) is 5.36. The van der Waals surface area contributed by atoms with E-state index in [-0.39, 0.29) is 5.76 Å². The molecule has 0 amide bonds. The summed E-state index contributed by atoms with van der Waals surface area (Å²) in [5.41, 5.74) is 0.683. The Labute approximate surface area is 111 Å². The van der Waals surface area contributed by atoms with Crippen LogP contribution in [-0.2, 0) is 6.54 Å². The Balaban J connectivity index is 1.87. The Kier molecular flexibility index (Phi) is 4.02. The topological polar surface area (TPSA) is 62.5 Å². The molecular weight excluding hydrogens is 250 g/mol. The molecule has 0 radical (unpaired) electrons. The van der Waals surface area contributed by atoms with Gasteiger partial charge in [-0.25, -0.2) is 4.79 Å². The number of rotatable bonds is 6. The van der Waals surface area contributed by atoms with Gasteiger partial charge in [-0.2, -0.15) is 11.8 Å². The molecule has 5 heteroatoms. The predicted molar refractivity (Wildman–Crippen MR) is 72.2 cm³/mol. The van der Waals surface area contributed by atoms with Crippen LogP contribution in [0.4, 0.5) is 0 Å². The molecule has 2 N–H and O–H groups in total. The SMILES string of the molecule is CSC1(CNCc2cc(C)c(C(=O)O)o2)CCC1. The lowest BCUT2D eigenvalue weighted by Crippen LogP contribution is -2.43. The van der Waals surface area contributed by atoms with E-state index in [0.717, 1.165) is 6.54 Å². The number of hydrogen-bond donors (Lipinski definition) is 2. The molecule has 1 aromatic rings. The second-order valence-electron chi connectivity index (χ2n) is 4.87. The van der Waals surface area contributed by atoms with Gasteiger partial charge in [0, 0.05) is 16.9 Å². The Hall–Kier alpha value is -0.940. The minimum atomic E-state index is -1.00. The molecule has 2 rings (SSSR count). The second-order valence-corrected chi connectivity index (χ2v) is 6.15. The molecule has 1 fully saturated rings.